The first-order valence-electron chi connectivity index (χ1n) is 11.7. The fourth-order valence-electron chi connectivity index (χ4n) is 4.34. The fourth-order valence-corrected chi connectivity index (χ4v) is 6.84. The standard InChI is InChI=1S/C20H39B2N4O5P/c1-5-28-14-17-11-26(13-19(22)31-17)32(27,25-8-6-23-7-9-25)29-15-16-10-24(20(2,3)4)12-18(21)30-16/h16-19,23H,5-15H2,1-4H3. The summed E-state index contributed by atoms with van der Waals surface area (Å²) in [6, 6.07) is -0.952. The lowest BCUT2D eigenvalue weighted by molar-refractivity contribution is -0.0945. The van der Waals surface area contributed by atoms with E-state index < -0.39 is 19.7 Å². The van der Waals surface area contributed by atoms with Crippen molar-refractivity contribution >= 4 is 23.4 Å². The Hall–Kier alpha value is 0.0399. The smallest absolute Gasteiger partial charge is 0.346 e. The zero-order chi connectivity index (χ0) is 23.4. The van der Waals surface area contributed by atoms with Gasteiger partial charge in [-0.2, -0.15) is 0 Å². The molecule has 5 unspecified atom stereocenters. The maximum Gasteiger partial charge on any atom is 0.346 e. The van der Waals surface area contributed by atoms with Crippen LogP contribution in [0.25, 0.3) is 0 Å². The number of ether oxygens (including phenoxy) is 3. The van der Waals surface area contributed by atoms with Crippen molar-refractivity contribution in [1.82, 2.24) is 19.6 Å². The van der Waals surface area contributed by atoms with Gasteiger partial charge in [-0.15, -0.1) is 0 Å². The summed E-state index contributed by atoms with van der Waals surface area (Å²) in [4.78, 5) is 2.29. The summed E-state index contributed by atoms with van der Waals surface area (Å²) >= 11 is 0. The minimum absolute atomic E-state index is 0.0363. The predicted molar refractivity (Wildman–Crippen MR) is 126 cm³/mol. The molecule has 0 aromatic heterocycles. The predicted octanol–water partition coefficient (Wildman–Crippen LogP) is 0.242. The molecular formula is C20H39B2N4O5P. The third kappa shape index (κ3) is 7.03. The van der Waals surface area contributed by atoms with Crippen molar-refractivity contribution in [3.05, 3.63) is 0 Å². The molecule has 12 heteroatoms. The Kier molecular flexibility index (Phi) is 9.70. The molecule has 3 fully saturated rings. The largest absolute Gasteiger partial charge is 0.380 e. The highest BCUT2D eigenvalue weighted by Crippen LogP contribution is 2.55. The molecule has 3 heterocycles. The first-order chi connectivity index (χ1) is 15.1. The molecule has 3 aliphatic heterocycles. The van der Waals surface area contributed by atoms with Crippen molar-refractivity contribution in [2.75, 3.05) is 72.2 Å². The van der Waals surface area contributed by atoms with Crippen molar-refractivity contribution in [3.63, 3.8) is 0 Å². The van der Waals surface area contributed by atoms with Crippen LogP contribution in [-0.4, -0.2) is 132 Å². The highest BCUT2D eigenvalue weighted by Gasteiger charge is 2.44. The van der Waals surface area contributed by atoms with E-state index in [1.807, 2.05) is 16.3 Å². The summed E-state index contributed by atoms with van der Waals surface area (Å²) in [6.07, 6.45) is -0.516. The van der Waals surface area contributed by atoms with Gasteiger partial charge in [0.15, 0.2) is 0 Å². The van der Waals surface area contributed by atoms with E-state index in [1.54, 1.807) is 0 Å². The number of hydrogen-bond acceptors (Lipinski definition) is 7. The zero-order valence-electron chi connectivity index (χ0n) is 20.1. The summed E-state index contributed by atoms with van der Waals surface area (Å²) in [5.74, 6) is 0. The summed E-state index contributed by atoms with van der Waals surface area (Å²) in [5.41, 5.74) is -0.0363. The first kappa shape index (κ1) is 26.6. The number of rotatable bonds is 8. The van der Waals surface area contributed by atoms with E-state index >= 15 is 0 Å². The van der Waals surface area contributed by atoms with Crippen molar-refractivity contribution < 1.29 is 23.3 Å². The lowest BCUT2D eigenvalue weighted by Crippen LogP contribution is -2.56. The highest BCUT2D eigenvalue weighted by atomic mass is 31.2. The molecule has 3 saturated heterocycles. The average Bonchev–Trinajstić information content (AvgIpc) is 2.75. The van der Waals surface area contributed by atoms with Gasteiger partial charge >= 0.3 is 7.67 Å². The normalized spacial score (nSPS) is 33.8. The third-order valence-corrected chi connectivity index (χ3v) is 8.70. The summed E-state index contributed by atoms with van der Waals surface area (Å²) < 4.78 is 41.8. The minimum atomic E-state index is -3.35. The Morgan fingerprint density at radius 1 is 0.969 bits per heavy atom. The number of nitrogens with one attached hydrogen (secondary N) is 1. The van der Waals surface area contributed by atoms with Crippen LogP contribution in [0.4, 0.5) is 0 Å². The molecule has 0 aromatic rings. The molecule has 3 aliphatic rings. The molecule has 1 N–H and O–H groups in total. The van der Waals surface area contributed by atoms with Crippen LogP contribution in [0.15, 0.2) is 0 Å². The molecule has 180 valence electrons. The second-order valence-electron chi connectivity index (χ2n) is 9.69. The molecule has 4 radical (unpaired) electrons. The van der Waals surface area contributed by atoms with Crippen LogP contribution < -0.4 is 5.32 Å². The van der Waals surface area contributed by atoms with Crippen LogP contribution in [0.5, 0.6) is 0 Å². The van der Waals surface area contributed by atoms with Gasteiger partial charge in [0, 0.05) is 76.5 Å². The van der Waals surface area contributed by atoms with E-state index in [1.165, 1.54) is 0 Å². The Bertz CT molecular complexity index is 638. The Morgan fingerprint density at radius 3 is 2.22 bits per heavy atom. The lowest BCUT2D eigenvalue weighted by atomic mass is 9.94. The van der Waals surface area contributed by atoms with Crippen LogP contribution in [0.3, 0.4) is 0 Å². The Balaban J connectivity index is 1.73. The molecule has 5 atom stereocenters. The maximum atomic E-state index is 14.4. The molecule has 0 spiro atoms. The molecule has 0 aromatic carbocycles. The molecule has 3 rings (SSSR count). The van der Waals surface area contributed by atoms with Crippen LogP contribution in [-0.2, 0) is 23.3 Å². The molecule has 0 saturated carbocycles. The topological polar surface area (TPSA) is 75.7 Å². The van der Waals surface area contributed by atoms with E-state index in [0.29, 0.717) is 52.5 Å². The number of hydrogen-bond donors (Lipinski definition) is 1. The Labute approximate surface area is 196 Å². The van der Waals surface area contributed by atoms with E-state index in [0.717, 1.165) is 13.1 Å². The third-order valence-electron chi connectivity index (χ3n) is 6.06. The van der Waals surface area contributed by atoms with Gasteiger partial charge in [0.2, 0.25) is 0 Å². The quantitative estimate of drug-likeness (QED) is 0.399. The van der Waals surface area contributed by atoms with E-state index in [9.17, 15) is 4.57 Å². The minimum Gasteiger partial charge on any atom is -0.380 e. The summed E-state index contributed by atoms with van der Waals surface area (Å²) in [5, 5.41) is 3.31. The number of nitrogens with zero attached hydrogens (tertiary/aromatic N) is 3. The van der Waals surface area contributed by atoms with Crippen LogP contribution in [0.1, 0.15) is 27.7 Å². The van der Waals surface area contributed by atoms with Crippen molar-refractivity contribution in [1.29, 1.82) is 0 Å². The average molecular weight is 468 g/mol. The van der Waals surface area contributed by atoms with Gasteiger partial charge < -0.3 is 24.1 Å². The van der Waals surface area contributed by atoms with Crippen LogP contribution in [0, 0.1) is 0 Å². The molecule has 9 nitrogen and oxygen atoms in total. The summed E-state index contributed by atoms with van der Waals surface area (Å²) in [6.45, 7) is 14.5. The van der Waals surface area contributed by atoms with Gasteiger partial charge in [-0.3, -0.25) is 9.46 Å². The van der Waals surface area contributed by atoms with E-state index in [4.69, 9.17) is 34.4 Å². The maximum absolute atomic E-state index is 14.4. The molecule has 32 heavy (non-hydrogen) atoms. The van der Waals surface area contributed by atoms with Crippen molar-refractivity contribution in [2.24, 2.45) is 0 Å². The van der Waals surface area contributed by atoms with Crippen molar-refractivity contribution in [2.45, 2.75) is 57.4 Å². The van der Waals surface area contributed by atoms with Gasteiger partial charge in [0.1, 0.15) is 15.7 Å². The highest BCUT2D eigenvalue weighted by molar-refractivity contribution is 7.54. The molecule has 0 bridgehead atoms. The SMILES string of the molecule is [B]C1CN(C(C)(C)C)CC(COP(=O)(N2CCNCC2)N2CC([B])OC(COCC)C2)O1. The van der Waals surface area contributed by atoms with Gasteiger partial charge in [-0.1, -0.05) is 0 Å². The monoisotopic (exact) mass is 468 g/mol. The lowest BCUT2D eigenvalue weighted by Gasteiger charge is -2.47. The van der Waals surface area contributed by atoms with Gasteiger partial charge in [-0.25, -0.2) is 9.34 Å². The fraction of sp³-hybridized carbons (Fsp3) is 1.00. The first-order valence-corrected chi connectivity index (χ1v) is 13.3. The van der Waals surface area contributed by atoms with Gasteiger partial charge in [0.25, 0.3) is 0 Å². The zero-order valence-corrected chi connectivity index (χ0v) is 21.0. The molecular weight excluding hydrogens is 429 g/mol. The number of piperazine rings is 1. The van der Waals surface area contributed by atoms with E-state index in [-0.39, 0.29) is 24.4 Å². The second-order valence-corrected chi connectivity index (χ2v) is 12.1. The molecule has 0 aliphatic carbocycles. The second kappa shape index (κ2) is 11.6. The summed E-state index contributed by atoms with van der Waals surface area (Å²) in [7, 11) is 8.97. The van der Waals surface area contributed by atoms with E-state index in [2.05, 4.69) is 31.0 Å². The van der Waals surface area contributed by atoms with Crippen LogP contribution in [0.2, 0.25) is 0 Å². The van der Waals surface area contributed by atoms with Crippen molar-refractivity contribution in [3.8, 4) is 0 Å². The van der Waals surface area contributed by atoms with Gasteiger partial charge in [-0.05, 0) is 27.7 Å². The van der Waals surface area contributed by atoms with Gasteiger partial charge in [0.05, 0.1) is 25.4 Å². The number of morpholine rings is 2. The Morgan fingerprint density at radius 2 is 1.59 bits per heavy atom. The molecule has 0 amide bonds. The van der Waals surface area contributed by atoms with Crippen LogP contribution >= 0.6 is 7.67 Å².